The van der Waals surface area contributed by atoms with E-state index < -0.39 is 10.0 Å². The molecule has 6 heteroatoms. The molecule has 1 heterocycles. The monoisotopic (exact) mass is 311 g/mol. The summed E-state index contributed by atoms with van der Waals surface area (Å²) in [5, 5.41) is 3.30. The van der Waals surface area contributed by atoms with Gasteiger partial charge >= 0.3 is 0 Å². The lowest BCUT2D eigenvalue weighted by Gasteiger charge is -2.22. The highest BCUT2D eigenvalue weighted by molar-refractivity contribution is 7.92. The fourth-order valence-corrected chi connectivity index (χ4v) is 3.80. The predicted molar refractivity (Wildman–Crippen MR) is 88.4 cm³/mol. The largest absolute Gasteiger partial charge is 0.378 e. The molecule has 5 nitrogen and oxygen atoms in total. The highest BCUT2D eigenvalue weighted by Gasteiger charge is 2.17. The van der Waals surface area contributed by atoms with Crippen LogP contribution in [0.25, 0.3) is 0 Å². The molecule has 1 aromatic carbocycles. The Bertz CT molecular complexity index is 552. The highest BCUT2D eigenvalue weighted by Crippen LogP contribution is 2.20. The minimum absolute atomic E-state index is 0.198. The second-order valence-electron chi connectivity index (χ2n) is 5.85. The molecule has 0 unspecified atom stereocenters. The average molecular weight is 311 g/mol. The summed E-state index contributed by atoms with van der Waals surface area (Å²) >= 11 is 0. The van der Waals surface area contributed by atoms with Gasteiger partial charge in [-0.2, -0.15) is 0 Å². The number of nitrogens with one attached hydrogen (secondary N) is 2. The van der Waals surface area contributed by atoms with Gasteiger partial charge in [0.25, 0.3) is 0 Å². The molecule has 1 aromatic rings. The van der Waals surface area contributed by atoms with Crippen molar-refractivity contribution in [2.45, 2.75) is 19.3 Å². The molecule has 2 N–H and O–H groups in total. The maximum atomic E-state index is 12.2. The minimum Gasteiger partial charge on any atom is -0.378 e. The van der Waals surface area contributed by atoms with Crippen LogP contribution < -0.4 is 14.9 Å². The van der Waals surface area contributed by atoms with Gasteiger partial charge < -0.3 is 10.2 Å². The smallest absolute Gasteiger partial charge is 0.232 e. The number of anilines is 2. The first-order valence-electron chi connectivity index (χ1n) is 7.45. The fourth-order valence-electron chi connectivity index (χ4n) is 2.57. The van der Waals surface area contributed by atoms with Crippen LogP contribution in [0.3, 0.4) is 0 Å². The molecule has 0 bridgehead atoms. The zero-order valence-corrected chi connectivity index (χ0v) is 13.6. The molecule has 0 spiro atoms. The van der Waals surface area contributed by atoms with E-state index in [1.165, 1.54) is 0 Å². The third-order valence-electron chi connectivity index (χ3n) is 3.89. The molecule has 0 atom stereocenters. The number of hydrogen-bond acceptors (Lipinski definition) is 4. The summed E-state index contributed by atoms with van der Waals surface area (Å²) in [6, 6.07) is 7.45. The van der Waals surface area contributed by atoms with Crippen LogP contribution in [0.4, 0.5) is 11.4 Å². The Kier molecular flexibility index (Phi) is 5.47. The summed E-state index contributed by atoms with van der Waals surface area (Å²) in [6.07, 6.45) is 2.89. The molecular weight excluding hydrogens is 286 g/mol. The molecule has 0 aromatic heterocycles. The van der Waals surface area contributed by atoms with E-state index in [-0.39, 0.29) is 5.75 Å². The normalized spacial score (nSPS) is 16.7. The van der Waals surface area contributed by atoms with Crippen molar-refractivity contribution >= 4 is 21.4 Å². The number of nitrogens with zero attached hydrogens (tertiary/aromatic N) is 1. The molecule has 1 aliphatic heterocycles. The van der Waals surface area contributed by atoms with E-state index in [2.05, 4.69) is 10.0 Å². The van der Waals surface area contributed by atoms with Gasteiger partial charge in [-0.05, 0) is 56.5 Å². The van der Waals surface area contributed by atoms with E-state index in [0.717, 1.165) is 38.0 Å². The molecule has 0 aliphatic carbocycles. The standard InChI is InChI=1S/C15H25N3O2S/c1-18(2)15-5-3-4-14(12-15)17-21(19,20)11-8-13-6-9-16-10-7-13/h3-5,12-13,16-17H,6-11H2,1-2H3. The molecule has 1 aliphatic rings. The molecular formula is C15H25N3O2S. The summed E-state index contributed by atoms with van der Waals surface area (Å²) in [5.74, 6) is 0.722. The van der Waals surface area contributed by atoms with Gasteiger partial charge in [-0.1, -0.05) is 6.07 Å². The fraction of sp³-hybridized carbons (Fsp3) is 0.600. The van der Waals surface area contributed by atoms with Crippen LogP contribution in [-0.4, -0.2) is 41.4 Å². The van der Waals surface area contributed by atoms with Crippen LogP contribution in [0.2, 0.25) is 0 Å². The first-order valence-corrected chi connectivity index (χ1v) is 9.10. The molecule has 0 amide bonds. The number of rotatable bonds is 6. The maximum Gasteiger partial charge on any atom is 0.232 e. The number of hydrogen-bond donors (Lipinski definition) is 2. The van der Waals surface area contributed by atoms with Crippen LogP contribution in [-0.2, 0) is 10.0 Å². The topological polar surface area (TPSA) is 61.4 Å². The summed E-state index contributed by atoms with van der Waals surface area (Å²) in [6.45, 7) is 2.01. The lowest BCUT2D eigenvalue weighted by Crippen LogP contribution is -2.29. The molecule has 1 saturated heterocycles. The van der Waals surface area contributed by atoms with Gasteiger partial charge in [-0.15, -0.1) is 0 Å². The van der Waals surface area contributed by atoms with Gasteiger partial charge in [0, 0.05) is 19.8 Å². The van der Waals surface area contributed by atoms with Crippen LogP contribution in [0, 0.1) is 5.92 Å². The molecule has 0 saturated carbocycles. The number of sulfonamides is 1. The van der Waals surface area contributed by atoms with Crippen molar-refractivity contribution in [1.82, 2.24) is 5.32 Å². The van der Waals surface area contributed by atoms with Gasteiger partial charge in [0.15, 0.2) is 0 Å². The molecule has 0 radical (unpaired) electrons. The zero-order chi connectivity index (χ0) is 15.3. The van der Waals surface area contributed by atoms with E-state index in [1.54, 1.807) is 6.07 Å². The Labute approximate surface area is 127 Å². The van der Waals surface area contributed by atoms with Crippen LogP contribution in [0.1, 0.15) is 19.3 Å². The van der Waals surface area contributed by atoms with Gasteiger partial charge in [0.05, 0.1) is 11.4 Å². The van der Waals surface area contributed by atoms with Gasteiger partial charge in [-0.3, -0.25) is 4.72 Å². The zero-order valence-electron chi connectivity index (χ0n) is 12.8. The third-order valence-corrected chi connectivity index (χ3v) is 5.21. The lowest BCUT2D eigenvalue weighted by molar-refractivity contribution is 0.365. The maximum absolute atomic E-state index is 12.2. The van der Waals surface area contributed by atoms with Crippen LogP contribution in [0.5, 0.6) is 0 Å². The van der Waals surface area contributed by atoms with E-state index in [9.17, 15) is 8.42 Å². The molecule has 118 valence electrons. The van der Waals surface area contributed by atoms with Crippen molar-refractivity contribution < 1.29 is 8.42 Å². The van der Waals surface area contributed by atoms with Gasteiger partial charge in [0.1, 0.15) is 0 Å². The van der Waals surface area contributed by atoms with E-state index in [1.807, 2.05) is 37.2 Å². The molecule has 21 heavy (non-hydrogen) atoms. The van der Waals surface area contributed by atoms with Crippen molar-refractivity contribution in [3.05, 3.63) is 24.3 Å². The predicted octanol–water partition coefficient (Wildman–Crippen LogP) is 1.88. The lowest BCUT2D eigenvalue weighted by atomic mass is 9.96. The Balaban J connectivity index is 1.92. The van der Waals surface area contributed by atoms with Crippen molar-refractivity contribution in [3.63, 3.8) is 0 Å². The second kappa shape index (κ2) is 7.13. The summed E-state index contributed by atoms with van der Waals surface area (Å²) in [4.78, 5) is 1.95. The van der Waals surface area contributed by atoms with Crippen molar-refractivity contribution in [2.75, 3.05) is 42.6 Å². The second-order valence-corrected chi connectivity index (χ2v) is 7.69. The van der Waals surface area contributed by atoms with Crippen molar-refractivity contribution in [3.8, 4) is 0 Å². The SMILES string of the molecule is CN(C)c1cccc(NS(=O)(=O)CCC2CCNCC2)c1. The van der Waals surface area contributed by atoms with Crippen LogP contribution >= 0.6 is 0 Å². The Morgan fingerprint density at radius 1 is 1.29 bits per heavy atom. The van der Waals surface area contributed by atoms with E-state index in [4.69, 9.17) is 0 Å². The minimum atomic E-state index is -3.27. The van der Waals surface area contributed by atoms with E-state index >= 15 is 0 Å². The Morgan fingerprint density at radius 2 is 2.00 bits per heavy atom. The van der Waals surface area contributed by atoms with Crippen molar-refractivity contribution in [1.29, 1.82) is 0 Å². The van der Waals surface area contributed by atoms with E-state index in [0.29, 0.717) is 11.6 Å². The average Bonchev–Trinajstić information content (AvgIpc) is 2.46. The third kappa shape index (κ3) is 5.21. The van der Waals surface area contributed by atoms with Crippen LogP contribution in [0.15, 0.2) is 24.3 Å². The number of benzene rings is 1. The highest BCUT2D eigenvalue weighted by atomic mass is 32.2. The first-order chi connectivity index (χ1) is 9.96. The summed E-state index contributed by atoms with van der Waals surface area (Å²) in [5.41, 5.74) is 1.61. The quantitative estimate of drug-likeness (QED) is 0.842. The summed E-state index contributed by atoms with van der Waals surface area (Å²) < 4.78 is 27.0. The van der Waals surface area contributed by atoms with Gasteiger partial charge in [0.2, 0.25) is 10.0 Å². The molecule has 1 fully saturated rings. The number of piperidine rings is 1. The van der Waals surface area contributed by atoms with Crippen molar-refractivity contribution in [2.24, 2.45) is 5.92 Å². The summed E-state index contributed by atoms with van der Waals surface area (Å²) in [7, 11) is 0.605. The van der Waals surface area contributed by atoms with Gasteiger partial charge in [-0.25, -0.2) is 8.42 Å². The molecule has 2 rings (SSSR count). The first kappa shape index (κ1) is 16.1. The Hall–Kier alpha value is -1.27. The Morgan fingerprint density at radius 3 is 2.67 bits per heavy atom.